The number of carbonyl (C=O) groups is 1. The van der Waals surface area contributed by atoms with Crippen LogP contribution < -0.4 is 0 Å². The standard InChI is InChI=1S/C10H5Cl3N2O/c11-3-7(16)5-4-14-6-1-2-8(12)15-10(6)9(5)13/h1-2,4H,3H2. The topological polar surface area (TPSA) is 42.9 Å². The smallest absolute Gasteiger partial charge is 0.180 e. The summed E-state index contributed by atoms with van der Waals surface area (Å²) in [4.78, 5) is 19.5. The molecule has 0 spiro atoms. The maximum atomic E-state index is 11.4. The predicted molar refractivity (Wildman–Crippen MR) is 64.6 cm³/mol. The van der Waals surface area contributed by atoms with Gasteiger partial charge in [0, 0.05) is 6.20 Å². The molecule has 2 rings (SSSR count). The van der Waals surface area contributed by atoms with Gasteiger partial charge in [0.15, 0.2) is 5.78 Å². The molecular weight excluding hydrogens is 270 g/mol. The molecule has 16 heavy (non-hydrogen) atoms. The highest BCUT2D eigenvalue weighted by atomic mass is 35.5. The Hall–Kier alpha value is -0.900. The van der Waals surface area contributed by atoms with Gasteiger partial charge in [0.2, 0.25) is 0 Å². The van der Waals surface area contributed by atoms with Gasteiger partial charge in [-0.1, -0.05) is 23.2 Å². The second-order valence-electron chi connectivity index (χ2n) is 3.04. The van der Waals surface area contributed by atoms with Crippen LogP contribution in [-0.2, 0) is 0 Å². The minimum Gasteiger partial charge on any atom is -0.293 e. The van der Waals surface area contributed by atoms with Crippen molar-refractivity contribution in [2.75, 3.05) is 5.88 Å². The van der Waals surface area contributed by atoms with Gasteiger partial charge >= 0.3 is 0 Å². The molecule has 2 aromatic heterocycles. The summed E-state index contributed by atoms with van der Waals surface area (Å²) in [7, 11) is 0. The third-order valence-electron chi connectivity index (χ3n) is 2.04. The van der Waals surface area contributed by atoms with E-state index >= 15 is 0 Å². The zero-order valence-electron chi connectivity index (χ0n) is 7.88. The minimum absolute atomic E-state index is 0.145. The lowest BCUT2D eigenvalue weighted by molar-refractivity contribution is 0.102. The van der Waals surface area contributed by atoms with Gasteiger partial charge < -0.3 is 0 Å². The van der Waals surface area contributed by atoms with Crippen molar-refractivity contribution < 1.29 is 4.79 Å². The van der Waals surface area contributed by atoms with Crippen LogP contribution in [0.15, 0.2) is 18.3 Å². The summed E-state index contributed by atoms with van der Waals surface area (Å²) >= 11 is 17.3. The van der Waals surface area contributed by atoms with Crippen molar-refractivity contribution in [2.24, 2.45) is 0 Å². The Kier molecular flexibility index (Phi) is 3.28. The maximum Gasteiger partial charge on any atom is 0.180 e. The lowest BCUT2D eigenvalue weighted by Crippen LogP contribution is -2.03. The molecule has 0 radical (unpaired) electrons. The van der Waals surface area contributed by atoms with E-state index in [9.17, 15) is 4.79 Å². The van der Waals surface area contributed by atoms with Crippen molar-refractivity contribution in [1.82, 2.24) is 9.97 Å². The van der Waals surface area contributed by atoms with Crippen LogP contribution in [0.25, 0.3) is 11.0 Å². The Morgan fingerprint density at radius 1 is 1.31 bits per heavy atom. The van der Waals surface area contributed by atoms with Crippen LogP contribution in [0.1, 0.15) is 10.4 Å². The molecule has 82 valence electrons. The van der Waals surface area contributed by atoms with Crippen molar-refractivity contribution in [3.8, 4) is 0 Å². The Balaban J connectivity index is 2.72. The number of Topliss-reactive ketones (excluding diaryl/α,β-unsaturated/α-hetero) is 1. The van der Waals surface area contributed by atoms with E-state index in [1.807, 2.05) is 0 Å². The van der Waals surface area contributed by atoms with Gasteiger partial charge in [0.05, 0.1) is 22.0 Å². The van der Waals surface area contributed by atoms with Crippen molar-refractivity contribution in [1.29, 1.82) is 0 Å². The molecular formula is C10H5Cl3N2O. The van der Waals surface area contributed by atoms with E-state index in [0.717, 1.165) is 0 Å². The normalized spacial score (nSPS) is 10.7. The number of rotatable bonds is 2. The molecule has 0 aliphatic heterocycles. The molecule has 0 fully saturated rings. The predicted octanol–water partition coefficient (Wildman–Crippen LogP) is 3.36. The van der Waals surface area contributed by atoms with Gasteiger partial charge in [-0.3, -0.25) is 9.78 Å². The number of aromatic nitrogens is 2. The van der Waals surface area contributed by atoms with Gasteiger partial charge in [-0.05, 0) is 12.1 Å². The summed E-state index contributed by atoms with van der Waals surface area (Å²) in [6, 6.07) is 3.29. The fourth-order valence-corrected chi connectivity index (χ4v) is 1.86. The van der Waals surface area contributed by atoms with Gasteiger partial charge in [-0.15, -0.1) is 11.6 Å². The summed E-state index contributed by atoms with van der Waals surface area (Å²) < 4.78 is 0. The van der Waals surface area contributed by atoms with E-state index in [2.05, 4.69) is 9.97 Å². The third kappa shape index (κ3) is 1.98. The highest BCUT2D eigenvalue weighted by Crippen LogP contribution is 2.25. The molecule has 0 unspecified atom stereocenters. The van der Waals surface area contributed by atoms with Crippen LogP contribution in [0.5, 0.6) is 0 Å². The molecule has 2 heterocycles. The Morgan fingerprint density at radius 2 is 2.06 bits per heavy atom. The van der Waals surface area contributed by atoms with Crippen LogP contribution in [0.2, 0.25) is 10.2 Å². The number of halogens is 3. The average Bonchev–Trinajstić information content (AvgIpc) is 2.29. The first kappa shape index (κ1) is 11.6. The molecule has 0 amide bonds. The largest absolute Gasteiger partial charge is 0.293 e. The molecule has 0 aromatic carbocycles. The maximum absolute atomic E-state index is 11.4. The summed E-state index contributed by atoms with van der Waals surface area (Å²) in [5.74, 6) is -0.434. The van der Waals surface area contributed by atoms with Crippen molar-refractivity contribution >= 4 is 51.6 Å². The SMILES string of the molecule is O=C(CCl)c1cnc2ccc(Cl)nc2c1Cl. The number of fused-ring (bicyclic) bond motifs is 1. The van der Waals surface area contributed by atoms with Crippen LogP contribution in [-0.4, -0.2) is 21.6 Å². The monoisotopic (exact) mass is 274 g/mol. The third-order valence-corrected chi connectivity index (χ3v) is 2.87. The first-order valence-electron chi connectivity index (χ1n) is 4.33. The van der Waals surface area contributed by atoms with E-state index in [-0.39, 0.29) is 22.2 Å². The van der Waals surface area contributed by atoms with E-state index < -0.39 is 0 Å². The number of alkyl halides is 1. The first-order chi connectivity index (χ1) is 7.63. The molecule has 3 nitrogen and oxygen atoms in total. The molecule has 0 saturated carbocycles. The average molecular weight is 276 g/mol. The van der Waals surface area contributed by atoms with E-state index in [1.165, 1.54) is 6.20 Å². The molecule has 0 N–H and O–H groups in total. The van der Waals surface area contributed by atoms with Crippen LogP contribution in [0.4, 0.5) is 0 Å². The van der Waals surface area contributed by atoms with Crippen LogP contribution in [0.3, 0.4) is 0 Å². The van der Waals surface area contributed by atoms with E-state index in [4.69, 9.17) is 34.8 Å². The van der Waals surface area contributed by atoms with Gasteiger partial charge in [-0.2, -0.15) is 0 Å². The second kappa shape index (κ2) is 4.53. The number of pyridine rings is 2. The molecule has 0 bridgehead atoms. The van der Waals surface area contributed by atoms with Gasteiger partial charge in [0.25, 0.3) is 0 Å². The molecule has 6 heteroatoms. The van der Waals surface area contributed by atoms with Crippen LogP contribution in [0, 0.1) is 0 Å². The molecule has 2 aromatic rings. The molecule has 0 aliphatic rings. The fourth-order valence-electron chi connectivity index (χ4n) is 1.28. The first-order valence-corrected chi connectivity index (χ1v) is 5.62. The Bertz CT molecular complexity index is 571. The number of carbonyl (C=O) groups excluding carboxylic acids is 1. The molecule has 0 saturated heterocycles. The highest BCUT2D eigenvalue weighted by Gasteiger charge is 2.14. The summed E-state index contributed by atoms with van der Waals surface area (Å²) in [5, 5.41) is 0.532. The Morgan fingerprint density at radius 3 is 2.75 bits per heavy atom. The van der Waals surface area contributed by atoms with E-state index in [1.54, 1.807) is 12.1 Å². The second-order valence-corrected chi connectivity index (χ2v) is 4.08. The summed E-state index contributed by atoms with van der Waals surface area (Å²) in [6.07, 6.45) is 1.39. The lowest BCUT2D eigenvalue weighted by atomic mass is 10.2. The number of ketones is 1. The number of hydrogen-bond donors (Lipinski definition) is 0. The number of nitrogens with zero attached hydrogens (tertiary/aromatic N) is 2. The fraction of sp³-hybridized carbons (Fsp3) is 0.100. The number of hydrogen-bond acceptors (Lipinski definition) is 3. The Labute approximate surface area is 106 Å². The van der Waals surface area contributed by atoms with Crippen molar-refractivity contribution in [3.05, 3.63) is 34.1 Å². The van der Waals surface area contributed by atoms with E-state index in [0.29, 0.717) is 16.2 Å². The van der Waals surface area contributed by atoms with Crippen molar-refractivity contribution in [2.45, 2.75) is 0 Å². The summed E-state index contributed by atoms with van der Waals surface area (Å²) in [5.41, 5.74) is 1.25. The van der Waals surface area contributed by atoms with Crippen LogP contribution >= 0.6 is 34.8 Å². The molecule has 0 atom stereocenters. The zero-order valence-corrected chi connectivity index (χ0v) is 10.1. The van der Waals surface area contributed by atoms with Crippen molar-refractivity contribution in [3.63, 3.8) is 0 Å². The zero-order chi connectivity index (χ0) is 11.7. The molecule has 0 aliphatic carbocycles. The van der Waals surface area contributed by atoms with Gasteiger partial charge in [-0.25, -0.2) is 4.98 Å². The minimum atomic E-state index is -0.289. The highest BCUT2D eigenvalue weighted by molar-refractivity contribution is 6.40. The quantitative estimate of drug-likeness (QED) is 0.479. The summed E-state index contributed by atoms with van der Waals surface area (Å²) in [6.45, 7) is 0. The lowest BCUT2D eigenvalue weighted by Gasteiger charge is -2.04. The van der Waals surface area contributed by atoms with Gasteiger partial charge in [0.1, 0.15) is 10.7 Å².